The third kappa shape index (κ3) is 5.52. The van der Waals surface area contributed by atoms with Gasteiger partial charge in [0, 0.05) is 19.7 Å². The van der Waals surface area contributed by atoms with Crippen molar-refractivity contribution in [3.05, 3.63) is 34.2 Å². The lowest BCUT2D eigenvalue weighted by molar-refractivity contribution is 0.0226. The summed E-state index contributed by atoms with van der Waals surface area (Å²) in [6.45, 7) is 2.28. The summed E-state index contributed by atoms with van der Waals surface area (Å²) in [7, 11) is 1.59. The number of hydrogen-bond acceptors (Lipinski definition) is 5. The molecular formula is C13H19NO6. The first-order chi connectivity index (χ1) is 9.66. The number of carboxylic acids is 1. The highest BCUT2D eigenvalue weighted by atomic mass is 16.5. The molecule has 1 heterocycles. The summed E-state index contributed by atoms with van der Waals surface area (Å²) in [5, 5.41) is 8.98. The molecule has 0 bridgehead atoms. The normalized spacial score (nSPS) is 10.7. The van der Waals surface area contributed by atoms with Crippen LogP contribution in [0.1, 0.15) is 10.5 Å². The van der Waals surface area contributed by atoms with E-state index in [0.29, 0.717) is 26.4 Å². The Bertz CT molecular complexity index is 470. The van der Waals surface area contributed by atoms with Crippen LogP contribution < -0.4 is 5.56 Å². The van der Waals surface area contributed by atoms with Gasteiger partial charge in [0.05, 0.1) is 33.0 Å². The molecule has 1 N–H and O–H groups in total. The number of ether oxygens (including phenoxy) is 3. The summed E-state index contributed by atoms with van der Waals surface area (Å²) in [5.41, 5.74) is -0.401. The smallest absolute Gasteiger partial charge is 0.352 e. The Balaban J connectivity index is 2.32. The van der Waals surface area contributed by atoms with Crippen LogP contribution >= 0.6 is 0 Å². The van der Waals surface area contributed by atoms with E-state index in [1.807, 2.05) is 0 Å². The highest BCUT2D eigenvalue weighted by Gasteiger charge is 2.09. The molecule has 0 amide bonds. The molecule has 7 nitrogen and oxygen atoms in total. The van der Waals surface area contributed by atoms with E-state index in [2.05, 4.69) is 0 Å². The molecular weight excluding hydrogens is 266 g/mol. The highest BCUT2D eigenvalue weighted by Crippen LogP contribution is 1.96. The first-order valence-corrected chi connectivity index (χ1v) is 6.24. The summed E-state index contributed by atoms with van der Waals surface area (Å²) >= 11 is 0. The van der Waals surface area contributed by atoms with E-state index in [9.17, 15) is 9.59 Å². The summed E-state index contributed by atoms with van der Waals surface area (Å²) in [6, 6.07) is 4.13. The molecule has 0 aliphatic heterocycles. The zero-order chi connectivity index (χ0) is 14.8. The van der Waals surface area contributed by atoms with Crippen LogP contribution in [0.2, 0.25) is 0 Å². The molecule has 0 saturated carbocycles. The Hall–Kier alpha value is -1.70. The van der Waals surface area contributed by atoms with Gasteiger partial charge in [-0.05, 0) is 6.07 Å². The summed E-state index contributed by atoms with van der Waals surface area (Å²) < 4.78 is 16.5. The van der Waals surface area contributed by atoms with E-state index in [1.165, 1.54) is 22.8 Å². The molecule has 7 heteroatoms. The molecule has 0 spiro atoms. The molecule has 112 valence electrons. The van der Waals surface area contributed by atoms with Crippen molar-refractivity contribution in [2.24, 2.45) is 0 Å². The molecule has 0 aliphatic carbocycles. The monoisotopic (exact) mass is 285 g/mol. The maximum absolute atomic E-state index is 11.6. The van der Waals surface area contributed by atoms with E-state index in [4.69, 9.17) is 19.3 Å². The lowest BCUT2D eigenvalue weighted by Gasteiger charge is -2.10. The van der Waals surface area contributed by atoms with Gasteiger partial charge in [-0.25, -0.2) is 4.79 Å². The summed E-state index contributed by atoms with van der Waals surface area (Å²) in [5.74, 6) is -1.13. The fourth-order valence-electron chi connectivity index (χ4n) is 1.56. The van der Waals surface area contributed by atoms with Gasteiger partial charge in [0.15, 0.2) is 0 Å². The predicted octanol–water partition coefficient (Wildman–Crippen LogP) is 0.226. The van der Waals surface area contributed by atoms with Crippen molar-refractivity contribution in [1.29, 1.82) is 0 Å². The maximum Gasteiger partial charge on any atom is 0.352 e. The Kier molecular flexibility index (Phi) is 7.56. The van der Waals surface area contributed by atoms with Crippen LogP contribution in [0.25, 0.3) is 0 Å². The van der Waals surface area contributed by atoms with Crippen LogP contribution in [0, 0.1) is 0 Å². The Labute approximate surface area is 116 Å². The average molecular weight is 285 g/mol. The highest BCUT2D eigenvalue weighted by molar-refractivity contribution is 5.85. The second kappa shape index (κ2) is 9.24. The predicted molar refractivity (Wildman–Crippen MR) is 71.2 cm³/mol. The van der Waals surface area contributed by atoms with Crippen molar-refractivity contribution >= 4 is 5.97 Å². The fraction of sp³-hybridized carbons (Fsp3) is 0.538. The van der Waals surface area contributed by atoms with Gasteiger partial charge in [-0.1, -0.05) is 6.07 Å². The van der Waals surface area contributed by atoms with E-state index < -0.39 is 5.97 Å². The van der Waals surface area contributed by atoms with Crippen LogP contribution in [0.15, 0.2) is 23.0 Å². The van der Waals surface area contributed by atoms with Gasteiger partial charge >= 0.3 is 5.97 Å². The molecule has 1 aromatic heterocycles. The lowest BCUT2D eigenvalue weighted by atomic mass is 10.3. The van der Waals surface area contributed by atoms with Crippen LogP contribution in [0.3, 0.4) is 0 Å². The van der Waals surface area contributed by atoms with Crippen molar-refractivity contribution in [3.8, 4) is 0 Å². The zero-order valence-electron chi connectivity index (χ0n) is 11.4. The van der Waals surface area contributed by atoms with Crippen LogP contribution in [0.5, 0.6) is 0 Å². The number of nitrogens with zero attached hydrogens (tertiary/aromatic N) is 1. The van der Waals surface area contributed by atoms with Gasteiger partial charge in [0.2, 0.25) is 0 Å². The van der Waals surface area contributed by atoms with Crippen molar-refractivity contribution in [2.45, 2.75) is 6.54 Å². The second-order valence-corrected chi connectivity index (χ2v) is 3.92. The van der Waals surface area contributed by atoms with Gasteiger partial charge in [-0.15, -0.1) is 0 Å². The third-order valence-electron chi connectivity index (χ3n) is 2.53. The maximum atomic E-state index is 11.6. The lowest BCUT2D eigenvalue weighted by Crippen LogP contribution is -2.27. The Morgan fingerprint density at radius 2 is 1.80 bits per heavy atom. The minimum Gasteiger partial charge on any atom is -0.477 e. The molecule has 0 aromatic carbocycles. The molecule has 1 rings (SSSR count). The summed E-state index contributed by atoms with van der Waals surface area (Å²) in [6.07, 6.45) is 0. The van der Waals surface area contributed by atoms with Crippen molar-refractivity contribution in [2.75, 3.05) is 40.1 Å². The topological polar surface area (TPSA) is 87.0 Å². The number of aromatic nitrogens is 1. The second-order valence-electron chi connectivity index (χ2n) is 3.92. The quantitative estimate of drug-likeness (QED) is 0.619. The third-order valence-corrected chi connectivity index (χ3v) is 2.53. The number of aromatic carboxylic acids is 1. The number of carbonyl (C=O) groups is 1. The van der Waals surface area contributed by atoms with Gasteiger partial charge in [0.25, 0.3) is 5.56 Å². The molecule has 0 unspecified atom stereocenters. The van der Waals surface area contributed by atoms with Crippen molar-refractivity contribution < 1.29 is 24.1 Å². The average Bonchev–Trinajstić information content (AvgIpc) is 2.43. The first-order valence-electron chi connectivity index (χ1n) is 6.24. The van der Waals surface area contributed by atoms with Crippen LogP contribution in [-0.4, -0.2) is 55.8 Å². The standard InChI is InChI=1S/C13H19NO6/c1-18-7-8-20-10-9-19-6-5-14-11(13(16)17)3-2-4-12(14)15/h2-4H,5-10H2,1H3,(H,16,17). The summed E-state index contributed by atoms with van der Waals surface area (Å²) in [4.78, 5) is 22.6. The van der Waals surface area contributed by atoms with E-state index in [0.717, 1.165) is 0 Å². The van der Waals surface area contributed by atoms with Gasteiger partial charge in [0.1, 0.15) is 5.69 Å². The van der Waals surface area contributed by atoms with E-state index in [1.54, 1.807) is 7.11 Å². The van der Waals surface area contributed by atoms with Gasteiger partial charge in [-0.3, -0.25) is 4.79 Å². The number of pyridine rings is 1. The molecule has 0 aliphatic rings. The molecule has 1 aromatic rings. The van der Waals surface area contributed by atoms with Crippen LogP contribution in [0.4, 0.5) is 0 Å². The fourth-order valence-corrected chi connectivity index (χ4v) is 1.56. The number of methoxy groups -OCH3 is 1. The van der Waals surface area contributed by atoms with Crippen molar-refractivity contribution in [3.63, 3.8) is 0 Å². The molecule has 20 heavy (non-hydrogen) atoms. The van der Waals surface area contributed by atoms with Crippen molar-refractivity contribution in [1.82, 2.24) is 4.57 Å². The van der Waals surface area contributed by atoms with Gasteiger partial charge < -0.3 is 23.9 Å². The molecule has 0 atom stereocenters. The number of hydrogen-bond donors (Lipinski definition) is 1. The Morgan fingerprint density at radius 1 is 1.15 bits per heavy atom. The van der Waals surface area contributed by atoms with Gasteiger partial charge in [-0.2, -0.15) is 0 Å². The van der Waals surface area contributed by atoms with E-state index in [-0.39, 0.29) is 24.4 Å². The largest absolute Gasteiger partial charge is 0.477 e. The number of carboxylic acid groups (broad SMARTS) is 1. The molecule has 0 fully saturated rings. The van der Waals surface area contributed by atoms with Crippen LogP contribution in [-0.2, 0) is 20.8 Å². The first kappa shape index (κ1) is 16.4. The zero-order valence-corrected chi connectivity index (χ0v) is 11.4. The molecule has 0 saturated heterocycles. The minimum atomic E-state index is -1.13. The number of rotatable bonds is 10. The molecule has 0 radical (unpaired) electrons. The minimum absolute atomic E-state index is 0.0440. The Morgan fingerprint density at radius 3 is 2.45 bits per heavy atom. The SMILES string of the molecule is COCCOCCOCCn1c(C(=O)O)cccc1=O. The van der Waals surface area contributed by atoms with E-state index >= 15 is 0 Å².